The number of oxime groups is 1. The van der Waals surface area contributed by atoms with E-state index in [0.717, 1.165) is 10.4 Å². The summed E-state index contributed by atoms with van der Waals surface area (Å²) in [6, 6.07) is 11.2. The van der Waals surface area contributed by atoms with Gasteiger partial charge in [0.25, 0.3) is 5.91 Å². The Morgan fingerprint density at radius 3 is 2.65 bits per heavy atom. The van der Waals surface area contributed by atoms with E-state index in [9.17, 15) is 9.59 Å². The summed E-state index contributed by atoms with van der Waals surface area (Å²) in [5.74, 6) is -0.600. The average Bonchev–Trinajstić information content (AvgIpc) is 3.04. The van der Waals surface area contributed by atoms with Gasteiger partial charge < -0.3 is 14.9 Å². The number of carbonyl (C=O) groups is 2. The second-order valence-corrected chi connectivity index (χ2v) is 6.82. The van der Waals surface area contributed by atoms with Gasteiger partial charge in [-0.25, -0.2) is 4.79 Å². The van der Waals surface area contributed by atoms with Gasteiger partial charge in [0.2, 0.25) is 0 Å². The number of thiophene rings is 1. The van der Waals surface area contributed by atoms with Gasteiger partial charge in [0.15, 0.2) is 6.61 Å². The van der Waals surface area contributed by atoms with E-state index >= 15 is 0 Å². The maximum Gasteiger partial charge on any atom is 0.341 e. The standard InChI is InChI=1S/C19H22N2O4S/c1-4-24-19(23)15-10-16(13(2)3)26-18(15)21-17(22)12-25-20-11-14-8-6-5-7-9-14/h5-11,13H,4,12H2,1-3H3,(H,21,22)/b20-11-. The Labute approximate surface area is 156 Å². The smallest absolute Gasteiger partial charge is 0.341 e. The van der Waals surface area contributed by atoms with E-state index < -0.39 is 11.9 Å². The van der Waals surface area contributed by atoms with E-state index in [1.54, 1.807) is 13.0 Å². The highest BCUT2D eigenvalue weighted by molar-refractivity contribution is 7.16. The first-order chi connectivity index (χ1) is 12.5. The van der Waals surface area contributed by atoms with Gasteiger partial charge in [-0.05, 0) is 24.5 Å². The van der Waals surface area contributed by atoms with Gasteiger partial charge in [-0.3, -0.25) is 4.79 Å². The van der Waals surface area contributed by atoms with Crippen LogP contribution < -0.4 is 5.32 Å². The Hall–Kier alpha value is -2.67. The summed E-state index contributed by atoms with van der Waals surface area (Å²) in [5, 5.41) is 6.94. The molecular weight excluding hydrogens is 352 g/mol. The Bertz CT molecular complexity index is 769. The van der Waals surface area contributed by atoms with Gasteiger partial charge in [-0.15, -0.1) is 11.3 Å². The molecule has 7 heteroatoms. The Balaban J connectivity index is 1.97. The Morgan fingerprint density at radius 2 is 2.00 bits per heavy atom. The summed E-state index contributed by atoms with van der Waals surface area (Å²) in [7, 11) is 0. The van der Waals surface area contributed by atoms with Crippen LogP contribution in [0.1, 0.15) is 47.5 Å². The number of esters is 1. The zero-order chi connectivity index (χ0) is 18.9. The average molecular weight is 374 g/mol. The molecule has 1 aromatic heterocycles. The van der Waals surface area contributed by atoms with Crippen molar-refractivity contribution in [3.05, 3.63) is 52.4 Å². The first-order valence-electron chi connectivity index (χ1n) is 8.32. The van der Waals surface area contributed by atoms with Gasteiger partial charge in [0.05, 0.1) is 18.4 Å². The van der Waals surface area contributed by atoms with Gasteiger partial charge in [0, 0.05) is 4.88 Å². The molecule has 1 amide bonds. The number of nitrogens with one attached hydrogen (secondary N) is 1. The van der Waals surface area contributed by atoms with Crippen LogP contribution in [0.15, 0.2) is 41.6 Å². The number of nitrogens with zero attached hydrogens (tertiary/aromatic N) is 1. The van der Waals surface area contributed by atoms with Crippen LogP contribution in [0, 0.1) is 0 Å². The summed E-state index contributed by atoms with van der Waals surface area (Å²) < 4.78 is 5.05. The molecule has 1 N–H and O–H groups in total. The van der Waals surface area contributed by atoms with Crippen LogP contribution in [0.4, 0.5) is 5.00 Å². The minimum atomic E-state index is -0.450. The zero-order valence-corrected chi connectivity index (χ0v) is 15.8. The number of hydrogen-bond acceptors (Lipinski definition) is 6. The summed E-state index contributed by atoms with van der Waals surface area (Å²) in [6.45, 7) is 5.81. The number of benzene rings is 1. The Morgan fingerprint density at radius 1 is 1.27 bits per heavy atom. The fraction of sp³-hybridized carbons (Fsp3) is 0.316. The number of ether oxygens (including phenoxy) is 1. The summed E-state index contributed by atoms with van der Waals surface area (Å²) in [6.07, 6.45) is 1.53. The first-order valence-corrected chi connectivity index (χ1v) is 9.14. The van der Waals surface area contributed by atoms with Crippen molar-refractivity contribution in [1.82, 2.24) is 0 Å². The lowest BCUT2D eigenvalue weighted by molar-refractivity contribution is -0.120. The minimum absolute atomic E-state index is 0.241. The van der Waals surface area contributed by atoms with Crippen molar-refractivity contribution < 1.29 is 19.2 Å². The van der Waals surface area contributed by atoms with Crippen molar-refractivity contribution in [2.45, 2.75) is 26.7 Å². The van der Waals surface area contributed by atoms with Gasteiger partial charge >= 0.3 is 5.97 Å². The van der Waals surface area contributed by atoms with Crippen LogP contribution >= 0.6 is 11.3 Å². The topological polar surface area (TPSA) is 77.0 Å². The lowest BCUT2D eigenvalue weighted by atomic mass is 10.1. The third kappa shape index (κ3) is 5.70. The molecule has 0 atom stereocenters. The molecule has 138 valence electrons. The Kier molecular flexibility index (Phi) is 7.35. The molecule has 6 nitrogen and oxygen atoms in total. The van der Waals surface area contributed by atoms with Crippen molar-refractivity contribution >= 4 is 34.4 Å². The van der Waals surface area contributed by atoms with Crippen LogP contribution in [-0.2, 0) is 14.4 Å². The highest BCUT2D eigenvalue weighted by Crippen LogP contribution is 2.33. The monoisotopic (exact) mass is 374 g/mol. The molecule has 0 radical (unpaired) electrons. The molecule has 0 aliphatic rings. The molecule has 0 fully saturated rings. The molecule has 2 aromatic rings. The molecule has 0 saturated carbocycles. The highest BCUT2D eigenvalue weighted by atomic mass is 32.1. The van der Waals surface area contributed by atoms with Crippen LogP contribution in [0.5, 0.6) is 0 Å². The number of amides is 1. The zero-order valence-electron chi connectivity index (χ0n) is 15.0. The highest BCUT2D eigenvalue weighted by Gasteiger charge is 2.20. The van der Waals surface area contributed by atoms with Crippen molar-refractivity contribution in [1.29, 1.82) is 0 Å². The minimum Gasteiger partial charge on any atom is -0.462 e. The van der Waals surface area contributed by atoms with E-state index in [4.69, 9.17) is 9.57 Å². The van der Waals surface area contributed by atoms with Gasteiger partial charge in [0.1, 0.15) is 5.00 Å². The summed E-state index contributed by atoms with van der Waals surface area (Å²) in [4.78, 5) is 30.2. The molecule has 1 heterocycles. The van der Waals surface area contributed by atoms with Crippen molar-refractivity contribution in [3.63, 3.8) is 0 Å². The molecule has 0 bridgehead atoms. The third-order valence-electron chi connectivity index (χ3n) is 3.34. The number of rotatable bonds is 8. The van der Waals surface area contributed by atoms with Gasteiger partial charge in [-0.2, -0.15) is 0 Å². The summed E-state index contributed by atoms with van der Waals surface area (Å²) >= 11 is 1.36. The quantitative estimate of drug-likeness (QED) is 0.430. The van der Waals surface area contributed by atoms with Crippen LogP contribution in [0.2, 0.25) is 0 Å². The fourth-order valence-corrected chi connectivity index (χ4v) is 3.11. The van der Waals surface area contributed by atoms with E-state index in [2.05, 4.69) is 10.5 Å². The number of anilines is 1. The number of carbonyl (C=O) groups excluding carboxylic acids is 2. The largest absolute Gasteiger partial charge is 0.462 e. The molecule has 0 aliphatic heterocycles. The summed E-state index contributed by atoms with van der Waals surface area (Å²) in [5.41, 5.74) is 1.24. The molecule has 0 unspecified atom stereocenters. The maximum atomic E-state index is 12.1. The molecule has 0 saturated heterocycles. The van der Waals surface area contributed by atoms with Crippen molar-refractivity contribution in [2.75, 3.05) is 18.5 Å². The second kappa shape index (κ2) is 9.72. The molecule has 2 rings (SSSR count). The first kappa shape index (κ1) is 19.7. The van der Waals surface area contributed by atoms with E-state index in [1.165, 1.54) is 17.6 Å². The van der Waals surface area contributed by atoms with E-state index in [0.29, 0.717) is 10.6 Å². The lowest BCUT2D eigenvalue weighted by Crippen LogP contribution is -2.18. The maximum absolute atomic E-state index is 12.1. The second-order valence-electron chi connectivity index (χ2n) is 5.73. The van der Waals surface area contributed by atoms with Crippen molar-refractivity contribution in [3.8, 4) is 0 Å². The molecule has 0 aliphatic carbocycles. The van der Waals surface area contributed by atoms with Crippen LogP contribution in [-0.4, -0.2) is 31.3 Å². The van der Waals surface area contributed by atoms with E-state index in [1.807, 2.05) is 44.2 Å². The van der Waals surface area contributed by atoms with Crippen LogP contribution in [0.3, 0.4) is 0 Å². The lowest BCUT2D eigenvalue weighted by Gasteiger charge is -2.05. The normalized spacial score (nSPS) is 10.9. The predicted molar refractivity (Wildman–Crippen MR) is 103 cm³/mol. The third-order valence-corrected chi connectivity index (χ3v) is 4.69. The SMILES string of the molecule is CCOC(=O)c1cc(C(C)C)sc1NC(=O)CO/N=C\c1ccccc1. The molecule has 1 aromatic carbocycles. The molecular formula is C19H22N2O4S. The molecule has 26 heavy (non-hydrogen) atoms. The van der Waals surface area contributed by atoms with Crippen LogP contribution in [0.25, 0.3) is 0 Å². The number of hydrogen-bond donors (Lipinski definition) is 1. The fourth-order valence-electron chi connectivity index (χ4n) is 2.04. The predicted octanol–water partition coefficient (Wildman–Crippen LogP) is 4.04. The van der Waals surface area contributed by atoms with Crippen molar-refractivity contribution in [2.24, 2.45) is 5.16 Å². The van der Waals surface area contributed by atoms with Gasteiger partial charge in [-0.1, -0.05) is 49.3 Å². The molecule has 0 spiro atoms. The van der Waals surface area contributed by atoms with E-state index in [-0.39, 0.29) is 19.1 Å².